The van der Waals surface area contributed by atoms with Gasteiger partial charge in [0.15, 0.2) is 0 Å². The molecule has 0 aliphatic carbocycles. The molecule has 0 saturated carbocycles. The molecule has 0 aliphatic heterocycles. The van der Waals surface area contributed by atoms with E-state index in [1.54, 1.807) is 18.2 Å². The van der Waals surface area contributed by atoms with E-state index in [1.165, 1.54) is 23.7 Å². The zero-order valence-corrected chi connectivity index (χ0v) is 12.7. The molecule has 0 spiro atoms. The Morgan fingerprint density at radius 3 is 2.09 bits per heavy atom. The number of carbonyl (C=O) groups is 1. The first-order valence-electron chi connectivity index (χ1n) is 5.83. The number of carbonyl (C=O) groups excluding carboxylic acids is 1. The maximum Gasteiger partial charge on any atom is 0.276 e. The molecular weight excluding hydrogens is 327 g/mol. The van der Waals surface area contributed by atoms with Gasteiger partial charge >= 0.3 is 0 Å². The lowest BCUT2D eigenvalue weighted by molar-refractivity contribution is 0.0707. The number of hydroxylamine groups is 1. The molecule has 1 amide bonds. The monoisotopic (exact) mass is 338 g/mol. The second kappa shape index (κ2) is 8.10. The summed E-state index contributed by atoms with van der Waals surface area (Å²) in [5, 5.41) is 17.7. The molecule has 6 N–H and O–H groups in total. The molecule has 0 fully saturated rings. The van der Waals surface area contributed by atoms with Gasteiger partial charge < -0.3 is 11.5 Å². The van der Waals surface area contributed by atoms with Crippen LogP contribution in [0, 0.1) is 11.3 Å². The topological polar surface area (TPSA) is 125 Å². The maximum absolute atomic E-state index is 10.9. The summed E-state index contributed by atoms with van der Waals surface area (Å²) >= 11 is 11.2. The molecule has 8 heteroatoms. The van der Waals surface area contributed by atoms with Gasteiger partial charge in [-0.3, -0.25) is 10.0 Å². The number of amides is 1. The van der Waals surface area contributed by atoms with Gasteiger partial charge in [-0.25, -0.2) is 5.48 Å². The highest BCUT2D eigenvalue weighted by Crippen LogP contribution is 2.17. The zero-order chi connectivity index (χ0) is 16.7. The molecule has 0 aromatic heterocycles. The van der Waals surface area contributed by atoms with Crippen molar-refractivity contribution in [3.05, 3.63) is 57.6 Å². The minimum atomic E-state index is -0.649. The molecule has 0 saturated heterocycles. The highest BCUT2D eigenvalue weighted by molar-refractivity contribution is 6.31. The molecule has 0 bridgehead atoms. The highest BCUT2D eigenvalue weighted by Gasteiger charge is 2.07. The molecule has 2 aromatic carbocycles. The highest BCUT2D eigenvalue weighted by atomic mass is 35.5. The number of nitrogens with one attached hydrogen (secondary N) is 1. The van der Waals surface area contributed by atoms with Gasteiger partial charge in [-0.2, -0.15) is 5.26 Å². The average Bonchev–Trinajstić information content (AvgIpc) is 2.47. The van der Waals surface area contributed by atoms with Crippen LogP contribution in [0.2, 0.25) is 10.0 Å². The van der Waals surface area contributed by atoms with Crippen LogP contribution in [-0.4, -0.2) is 11.1 Å². The van der Waals surface area contributed by atoms with Crippen molar-refractivity contribution >= 4 is 40.5 Å². The first-order valence-corrected chi connectivity index (χ1v) is 6.59. The van der Waals surface area contributed by atoms with Crippen molar-refractivity contribution in [2.45, 2.75) is 0 Å². The first-order chi connectivity index (χ1) is 10.4. The van der Waals surface area contributed by atoms with E-state index < -0.39 is 5.91 Å². The molecule has 0 heterocycles. The number of nitrogens with two attached hydrogens (primary N) is 2. The number of halogens is 2. The number of hydrogen-bond donors (Lipinski definition) is 4. The molecule has 2 aromatic rings. The van der Waals surface area contributed by atoms with Crippen molar-refractivity contribution in [2.24, 2.45) is 0 Å². The average molecular weight is 339 g/mol. The quantitative estimate of drug-likeness (QED) is 0.361. The van der Waals surface area contributed by atoms with E-state index in [2.05, 4.69) is 0 Å². The smallest absolute Gasteiger partial charge is 0.276 e. The van der Waals surface area contributed by atoms with Crippen LogP contribution in [0.25, 0.3) is 0 Å². The van der Waals surface area contributed by atoms with E-state index in [4.69, 9.17) is 45.1 Å². The lowest BCUT2D eigenvalue weighted by atomic mass is 10.2. The van der Waals surface area contributed by atoms with Crippen LogP contribution < -0.4 is 16.9 Å². The molecular formula is C14H12Cl2N4O2. The second-order valence-electron chi connectivity index (χ2n) is 4.02. The lowest BCUT2D eigenvalue weighted by Gasteiger charge is -2.02. The van der Waals surface area contributed by atoms with E-state index in [-0.39, 0.29) is 11.3 Å². The molecule has 0 unspecified atom stereocenters. The normalized spacial score (nSPS) is 9.18. The number of nitriles is 1. The van der Waals surface area contributed by atoms with Crippen LogP contribution in [-0.2, 0) is 0 Å². The van der Waals surface area contributed by atoms with E-state index in [9.17, 15) is 4.79 Å². The van der Waals surface area contributed by atoms with Crippen molar-refractivity contribution in [2.75, 3.05) is 11.5 Å². The van der Waals surface area contributed by atoms with Crippen LogP contribution in [0.5, 0.6) is 0 Å². The summed E-state index contributed by atoms with van der Waals surface area (Å²) in [5.41, 5.74) is 13.7. The summed E-state index contributed by atoms with van der Waals surface area (Å²) in [5.74, 6) is -0.649. The van der Waals surface area contributed by atoms with Crippen molar-refractivity contribution in [1.29, 1.82) is 5.26 Å². The van der Waals surface area contributed by atoms with Crippen LogP contribution in [0.15, 0.2) is 36.4 Å². The number of rotatable bonds is 1. The van der Waals surface area contributed by atoms with Crippen LogP contribution in [0.1, 0.15) is 15.9 Å². The van der Waals surface area contributed by atoms with Gasteiger partial charge in [0.25, 0.3) is 5.91 Å². The first kappa shape index (κ1) is 17.6. The molecule has 2 rings (SSSR count). The molecule has 0 radical (unpaired) electrons. The Morgan fingerprint density at radius 1 is 1.09 bits per heavy atom. The Morgan fingerprint density at radius 2 is 1.64 bits per heavy atom. The van der Waals surface area contributed by atoms with Crippen molar-refractivity contribution in [3.8, 4) is 6.07 Å². The van der Waals surface area contributed by atoms with Gasteiger partial charge in [0.2, 0.25) is 0 Å². The fourth-order valence-corrected chi connectivity index (χ4v) is 1.80. The number of anilines is 2. The third-order valence-electron chi connectivity index (χ3n) is 2.49. The van der Waals surface area contributed by atoms with E-state index >= 15 is 0 Å². The summed E-state index contributed by atoms with van der Waals surface area (Å²) < 4.78 is 0. The number of nitrogens with zero attached hydrogens (tertiary/aromatic N) is 1. The summed E-state index contributed by atoms with van der Waals surface area (Å²) in [6.45, 7) is 0. The third-order valence-corrected chi connectivity index (χ3v) is 2.96. The van der Waals surface area contributed by atoms with Crippen molar-refractivity contribution in [3.63, 3.8) is 0 Å². The van der Waals surface area contributed by atoms with Gasteiger partial charge in [-0.1, -0.05) is 23.2 Å². The van der Waals surface area contributed by atoms with E-state index in [0.717, 1.165) is 0 Å². The van der Waals surface area contributed by atoms with Gasteiger partial charge in [0.05, 0.1) is 16.8 Å². The Hall–Kier alpha value is -2.46. The van der Waals surface area contributed by atoms with Gasteiger partial charge in [0.1, 0.15) is 6.07 Å². The summed E-state index contributed by atoms with van der Waals surface area (Å²) in [4.78, 5) is 10.9. The molecule has 6 nitrogen and oxygen atoms in total. The third kappa shape index (κ3) is 4.82. The molecule has 114 valence electrons. The van der Waals surface area contributed by atoms with Crippen molar-refractivity contribution < 1.29 is 10.0 Å². The van der Waals surface area contributed by atoms with Crippen LogP contribution >= 0.6 is 23.2 Å². The number of benzene rings is 2. The van der Waals surface area contributed by atoms with Gasteiger partial charge in [-0.15, -0.1) is 0 Å². The van der Waals surface area contributed by atoms with Crippen LogP contribution in [0.4, 0.5) is 11.4 Å². The van der Waals surface area contributed by atoms with Crippen molar-refractivity contribution in [1.82, 2.24) is 5.48 Å². The number of nitrogen functional groups attached to an aromatic ring is 2. The predicted molar refractivity (Wildman–Crippen MR) is 85.7 cm³/mol. The summed E-state index contributed by atoms with van der Waals surface area (Å²) in [7, 11) is 0. The maximum atomic E-state index is 10.9. The summed E-state index contributed by atoms with van der Waals surface area (Å²) in [6, 6.07) is 11.1. The fraction of sp³-hybridized carbons (Fsp3) is 0. The van der Waals surface area contributed by atoms with Gasteiger partial charge in [0, 0.05) is 15.7 Å². The minimum Gasteiger partial charge on any atom is -0.398 e. The fourth-order valence-electron chi connectivity index (χ4n) is 1.44. The lowest BCUT2D eigenvalue weighted by Crippen LogP contribution is -2.19. The van der Waals surface area contributed by atoms with Crippen LogP contribution in [0.3, 0.4) is 0 Å². The standard InChI is InChI=1S/C7H7ClN2O2.C7H5ClN2/c8-4-1-2-5(6(9)3-4)7(11)10-12;8-6-2-1-5(4-9)7(10)3-6/h1-3,12H,9H2,(H,10,11);1-3H,10H2. The predicted octanol–water partition coefficient (Wildman–Crippen LogP) is 2.84. The Balaban J connectivity index is 0.000000224. The molecule has 0 aliphatic rings. The largest absolute Gasteiger partial charge is 0.398 e. The van der Waals surface area contributed by atoms with Gasteiger partial charge in [-0.05, 0) is 36.4 Å². The number of hydrogen-bond acceptors (Lipinski definition) is 5. The van der Waals surface area contributed by atoms with E-state index in [0.29, 0.717) is 21.3 Å². The minimum absolute atomic E-state index is 0.196. The second-order valence-corrected chi connectivity index (χ2v) is 4.89. The molecule has 0 atom stereocenters. The Kier molecular flexibility index (Phi) is 6.47. The molecule has 22 heavy (non-hydrogen) atoms. The van der Waals surface area contributed by atoms with E-state index in [1.807, 2.05) is 6.07 Å². The zero-order valence-electron chi connectivity index (χ0n) is 11.2. The SMILES string of the molecule is N#Cc1ccc(Cl)cc1N.Nc1cc(Cl)ccc1C(=O)NO. The summed E-state index contributed by atoms with van der Waals surface area (Å²) in [6.07, 6.45) is 0. The Labute approximate surface area is 136 Å². The Bertz CT molecular complexity index is 729.